The first-order valence-corrected chi connectivity index (χ1v) is 6.57. The molecule has 104 valence electrons. The van der Waals surface area contributed by atoms with Crippen LogP contribution in [0.2, 0.25) is 5.15 Å². The summed E-state index contributed by atoms with van der Waals surface area (Å²) < 4.78 is 0. The first-order valence-electron chi connectivity index (χ1n) is 6.19. The molecule has 1 amide bonds. The number of nitrogens with one attached hydrogen (secondary N) is 1. The number of hydrogen-bond acceptors (Lipinski definition) is 3. The second-order valence-corrected chi connectivity index (χ2v) is 5.08. The lowest BCUT2D eigenvalue weighted by Crippen LogP contribution is -2.15. The molecule has 0 aliphatic heterocycles. The van der Waals surface area contributed by atoms with Gasteiger partial charge >= 0.3 is 0 Å². The summed E-state index contributed by atoms with van der Waals surface area (Å²) in [6.07, 6.45) is 0. The highest BCUT2D eigenvalue weighted by Crippen LogP contribution is 2.22. The van der Waals surface area contributed by atoms with Crippen molar-refractivity contribution in [3.63, 3.8) is 0 Å². The van der Waals surface area contributed by atoms with Gasteiger partial charge in [0.1, 0.15) is 10.8 Å². The number of carbonyl (C=O) groups is 1. The van der Waals surface area contributed by atoms with E-state index in [1.54, 1.807) is 18.2 Å². The summed E-state index contributed by atoms with van der Waals surface area (Å²) >= 11 is 5.78. The van der Waals surface area contributed by atoms with Crippen LogP contribution in [0.1, 0.15) is 16.1 Å². The van der Waals surface area contributed by atoms with Crippen LogP contribution in [0.25, 0.3) is 0 Å². The molecule has 0 radical (unpaired) electrons. The minimum absolute atomic E-state index is 0.277. The van der Waals surface area contributed by atoms with E-state index in [4.69, 9.17) is 11.6 Å². The van der Waals surface area contributed by atoms with Crippen LogP contribution in [0.15, 0.2) is 36.4 Å². The molecule has 0 saturated carbocycles. The molecule has 0 bridgehead atoms. The van der Waals surface area contributed by atoms with E-state index in [1.807, 2.05) is 44.1 Å². The Morgan fingerprint density at radius 2 is 2.00 bits per heavy atom. The SMILES string of the molecule is Cc1ccc(NC(=O)c2cccc(Cl)n2)cc1N(C)C. The number of anilines is 2. The maximum Gasteiger partial charge on any atom is 0.274 e. The summed E-state index contributed by atoms with van der Waals surface area (Å²) in [6, 6.07) is 10.7. The second-order valence-electron chi connectivity index (χ2n) is 4.70. The fraction of sp³-hybridized carbons (Fsp3) is 0.200. The molecule has 0 aliphatic rings. The van der Waals surface area contributed by atoms with Crippen LogP contribution in [-0.2, 0) is 0 Å². The zero-order valence-corrected chi connectivity index (χ0v) is 12.4. The third-order valence-electron chi connectivity index (χ3n) is 2.90. The van der Waals surface area contributed by atoms with Gasteiger partial charge < -0.3 is 10.2 Å². The molecule has 1 aromatic carbocycles. The van der Waals surface area contributed by atoms with Crippen molar-refractivity contribution in [2.24, 2.45) is 0 Å². The van der Waals surface area contributed by atoms with Crippen LogP contribution in [0.3, 0.4) is 0 Å². The van der Waals surface area contributed by atoms with Gasteiger partial charge in [0.15, 0.2) is 0 Å². The molecule has 5 heteroatoms. The molecule has 2 aromatic rings. The first-order chi connectivity index (χ1) is 9.47. The van der Waals surface area contributed by atoms with Gasteiger partial charge in [-0.05, 0) is 36.8 Å². The van der Waals surface area contributed by atoms with Crippen molar-refractivity contribution >= 4 is 28.9 Å². The summed E-state index contributed by atoms with van der Waals surface area (Å²) in [4.78, 5) is 18.1. The van der Waals surface area contributed by atoms with Crippen molar-refractivity contribution in [1.29, 1.82) is 0 Å². The molecule has 0 spiro atoms. The Bertz CT molecular complexity index is 641. The predicted molar refractivity (Wildman–Crippen MR) is 82.7 cm³/mol. The lowest BCUT2D eigenvalue weighted by Gasteiger charge is -2.17. The second kappa shape index (κ2) is 5.92. The van der Waals surface area contributed by atoms with Crippen LogP contribution >= 0.6 is 11.6 Å². The Morgan fingerprint density at radius 1 is 1.25 bits per heavy atom. The Balaban J connectivity index is 2.22. The third-order valence-corrected chi connectivity index (χ3v) is 3.11. The number of rotatable bonds is 3. The average Bonchev–Trinajstić information content (AvgIpc) is 2.40. The number of halogens is 1. The zero-order valence-electron chi connectivity index (χ0n) is 11.6. The molecule has 1 heterocycles. The fourth-order valence-corrected chi connectivity index (χ4v) is 2.06. The van der Waals surface area contributed by atoms with E-state index in [-0.39, 0.29) is 5.91 Å². The third kappa shape index (κ3) is 3.27. The molecule has 0 unspecified atom stereocenters. The lowest BCUT2D eigenvalue weighted by molar-refractivity contribution is 0.102. The van der Waals surface area contributed by atoms with E-state index in [2.05, 4.69) is 10.3 Å². The van der Waals surface area contributed by atoms with Gasteiger partial charge in [-0.3, -0.25) is 4.79 Å². The summed E-state index contributed by atoms with van der Waals surface area (Å²) in [5.41, 5.74) is 3.23. The molecule has 1 aromatic heterocycles. The quantitative estimate of drug-likeness (QED) is 0.881. The number of amides is 1. The molecule has 0 atom stereocenters. The number of nitrogens with zero attached hydrogens (tertiary/aromatic N) is 2. The zero-order chi connectivity index (χ0) is 14.7. The fourth-order valence-electron chi connectivity index (χ4n) is 1.90. The van der Waals surface area contributed by atoms with E-state index in [0.29, 0.717) is 10.8 Å². The number of aryl methyl sites for hydroxylation is 1. The monoisotopic (exact) mass is 289 g/mol. The Morgan fingerprint density at radius 3 is 2.65 bits per heavy atom. The van der Waals surface area contributed by atoms with Crippen LogP contribution in [0.5, 0.6) is 0 Å². The highest BCUT2D eigenvalue weighted by molar-refractivity contribution is 6.29. The van der Waals surface area contributed by atoms with E-state index in [1.165, 1.54) is 0 Å². The van der Waals surface area contributed by atoms with Crippen molar-refractivity contribution in [2.75, 3.05) is 24.3 Å². The number of aromatic nitrogens is 1. The molecule has 2 rings (SSSR count). The van der Waals surface area contributed by atoms with Gasteiger partial charge in [-0.25, -0.2) is 4.98 Å². The number of hydrogen-bond donors (Lipinski definition) is 1. The van der Waals surface area contributed by atoms with Gasteiger partial charge in [0.25, 0.3) is 5.91 Å². The minimum Gasteiger partial charge on any atom is -0.377 e. The molecule has 0 saturated heterocycles. The Labute approximate surface area is 123 Å². The first kappa shape index (κ1) is 14.3. The molecule has 20 heavy (non-hydrogen) atoms. The van der Waals surface area contributed by atoms with Crippen LogP contribution in [-0.4, -0.2) is 25.0 Å². The maximum atomic E-state index is 12.1. The van der Waals surface area contributed by atoms with E-state index >= 15 is 0 Å². The molecule has 4 nitrogen and oxygen atoms in total. The Kier molecular flexibility index (Phi) is 4.25. The van der Waals surface area contributed by atoms with Gasteiger partial charge in [-0.1, -0.05) is 23.7 Å². The number of pyridine rings is 1. The van der Waals surface area contributed by atoms with Crippen molar-refractivity contribution in [2.45, 2.75) is 6.92 Å². The minimum atomic E-state index is -0.277. The molecular weight excluding hydrogens is 274 g/mol. The maximum absolute atomic E-state index is 12.1. The summed E-state index contributed by atoms with van der Waals surface area (Å²) in [5.74, 6) is -0.277. The van der Waals surface area contributed by atoms with Crippen molar-refractivity contribution < 1.29 is 4.79 Å². The summed E-state index contributed by atoms with van der Waals surface area (Å²) in [6.45, 7) is 2.03. The lowest BCUT2D eigenvalue weighted by atomic mass is 10.1. The van der Waals surface area contributed by atoms with Gasteiger partial charge in [0.05, 0.1) is 0 Å². The molecule has 0 fully saturated rings. The Hall–Kier alpha value is -2.07. The van der Waals surface area contributed by atoms with E-state index < -0.39 is 0 Å². The smallest absolute Gasteiger partial charge is 0.274 e. The predicted octanol–water partition coefficient (Wildman–Crippen LogP) is 3.36. The van der Waals surface area contributed by atoms with Crippen molar-refractivity contribution in [3.8, 4) is 0 Å². The molecule has 0 aliphatic carbocycles. The van der Waals surface area contributed by atoms with Gasteiger partial charge in [0, 0.05) is 25.5 Å². The highest BCUT2D eigenvalue weighted by Gasteiger charge is 2.09. The van der Waals surface area contributed by atoms with E-state index in [0.717, 1.165) is 16.9 Å². The molecule has 1 N–H and O–H groups in total. The van der Waals surface area contributed by atoms with Gasteiger partial charge in [-0.2, -0.15) is 0 Å². The van der Waals surface area contributed by atoms with Crippen LogP contribution in [0.4, 0.5) is 11.4 Å². The normalized spacial score (nSPS) is 10.2. The highest BCUT2D eigenvalue weighted by atomic mass is 35.5. The van der Waals surface area contributed by atoms with E-state index in [9.17, 15) is 4.79 Å². The summed E-state index contributed by atoms with van der Waals surface area (Å²) in [7, 11) is 3.93. The van der Waals surface area contributed by atoms with Gasteiger partial charge in [-0.15, -0.1) is 0 Å². The van der Waals surface area contributed by atoms with Crippen LogP contribution < -0.4 is 10.2 Å². The average molecular weight is 290 g/mol. The standard InChI is InChI=1S/C15H16ClN3O/c1-10-7-8-11(9-13(10)19(2)3)17-15(20)12-5-4-6-14(16)18-12/h4-9H,1-3H3,(H,17,20). The molecular formula is C15H16ClN3O. The largest absolute Gasteiger partial charge is 0.377 e. The topological polar surface area (TPSA) is 45.2 Å². The number of benzene rings is 1. The summed E-state index contributed by atoms with van der Waals surface area (Å²) in [5, 5.41) is 3.12. The van der Waals surface area contributed by atoms with Crippen LogP contribution in [0, 0.1) is 6.92 Å². The number of carbonyl (C=O) groups excluding carboxylic acids is 1. The van der Waals surface area contributed by atoms with Crippen molar-refractivity contribution in [1.82, 2.24) is 4.98 Å². The van der Waals surface area contributed by atoms with Gasteiger partial charge in [0.2, 0.25) is 0 Å². The van der Waals surface area contributed by atoms with Crippen molar-refractivity contribution in [3.05, 3.63) is 52.8 Å².